The third kappa shape index (κ3) is 3.44. The van der Waals surface area contributed by atoms with Crippen LogP contribution in [0.25, 0.3) is 0 Å². The highest BCUT2D eigenvalue weighted by Crippen LogP contribution is 2.17. The highest BCUT2D eigenvalue weighted by molar-refractivity contribution is 14.1. The SMILES string of the molecule is Cc1ccc(NC(=O)Cn2c(C)csc2=O)cc1I. The fourth-order valence-electron chi connectivity index (χ4n) is 1.61. The molecule has 0 saturated heterocycles. The Morgan fingerprint density at radius 1 is 1.42 bits per heavy atom. The van der Waals surface area contributed by atoms with Crippen LogP contribution < -0.4 is 10.2 Å². The molecule has 19 heavy (non-hydrogen) atoms. The summed E-state index contributed by atoms with van der Waals surface area (Å²) in [5.41, 5.74) is 2.73. The minimum Gasteiger partial charge on any atom is -0.325 e. The summed E-state index contributed by atoms with van der Waals surface area (Å²) in [5, 5.41) is 4.56. The second kappa shape index (κ2) is 5.87. The van der Waals surface area contributed by atoms with Gasteiger partial charge in [-0.25, -0.2) is 0 Å². The number of aryl methyl sites for hydroxylation is 2. The Morgan fingerprint density at radius 3 is 2.74 bits per heavy atom. The van der Waals surface area contributed by atoms with E-state index < -0.39 is 0 Å². The summed E-state index contributed by atoms with van der Waals surface area (Å²) in [7, 11) is 0. The van der Waals surface area contributed by atoms with E-state index in [-0.39, 0.29) is 17.3 Å². The lowest BCUT2D eigenvalue weighted by molar-refractivity contribution is -0.116. The number of amides is 1. The van der Waals surface area contributed by atoms with Gasteiger partial charge in [-0.15, -0.1) is 0 Å². The predicted molar refractivity (Wildman–Crippen MR) is 85.8 cm³/mol. The molecule has 0 aliphatic heterocycles. The second-order valence-electron chi connectivity index (χ2n) is 4.24. The van der Waals surface area contributed by atoms with Gasteiger partial charge in [-0.1, -0.05) is 17.4 Å². The lowest BCUT2D eigenvalue weighted by atomic mass is 10.2. The summed E-state index contributed by atoms with van der Waals surface area (Å²) in [6.45, 7) is 3.89. The van der Waals surface area contributed by atoms with E-state index in [0.29, 0.717) is 0 Å². The zero-order valence-electron chi connectivity index (χ0n) is 10.6. The summed E-state index contributed by atoms with van der Waals surface area (Å²) in [6, 6.07) is 5.73. The van der Waals surface area contributed by atoms with Crippen LogP contribution in [0.1, 0.15) is 11.3 Å². The zero-order chi connectivity index (χ0) is 14.0. The van der Waals surface area contributed by atoms with Gasteiger partial charge in [0, 0.05) is 20.3 Å². The number of carbonyl (C=O) groups is 1. The quantitative estimate of drug-likeness (QED) is 0.823. The lowest BCUT2D eigenvalue weighted by Crippen LogP contribution is -2.25. The number of rotatable bonds is 3. The van der Waals surface area contributed by atoms with Gasteiger partial charge in [0.05, 0.1) is 0 Å². The van der Waals surface area contributed by atoms with Crippen molar-refractivity contribution >= 4 is 45.5 Å². The summed E-state index contributed by atoms with van der Waals surface area (Å²) in [6.07, 6.45) is 0. The first-order valence-electron chi connectivity index (χ1n) is 5.68. The van der Waals surface area contributed by atoms with Crippen LogP contribution in [-0.4, -0.2) is 10.5 Å². The second-order valence-corrected chi connectivity index (χ2v) is 6.22. The standard InChI is InChI=1S/C13H13IN2O2S/c1-8-3-4-10(5-11(8)14)15-12(17)6-16-9(2)7-19-13(16)18/h3-5,7H,6H2,1-2H3,(H,15,17). The van der Waals surface area contributed by atoms with Crippen molar-refractivity contribution in [3.8, 4) is 0 Å². The summed E-state index contributed by atoms with van der Waals surface area (Å²) in [4.78, 5) is 23.3. The Kier molecular flexibility index (Phi) is 4.41. The van der Waals surface area contributed by atoms with Crippen molar-refractivity contribution in [2.24, 2.45) is 0 Å². The van der Waals surface area contributed by atoms with Gasteiger partial charge < -0.3 is 5.32 Å². The van der Waals surface area contributed by atoms with E-state index in [1.165, 1.54) is 10.1 Å². The average Bonchev–Trinajstić information content (AvgIpc) is 2.66. The first-order chi connectivity index (χ1) is 8.97. The molecule has 1 heterocycles. The highest BCUT2D eigenvalue weighted by Gasteiger charge is 2.09. The number of hydrogen-bond donors (Lipinski definition) is 1. The molecule has 0 aliphatic carbocycles. The van der Waals surface area contributed by atoms with Crippen LogP contribution in [0.4, 0.5) is 5.69 Å². The molecule has 1 N–H and O–H groups in total. The van der Waals surface area contributed by atoms with E-state index in [2.05, 4.69) is 27.9 Å². The Morgan fingerprint density at radius 2 is 2.16 bits per heavy atom. The molecule has 1 aromatic heterocycles. The van der Waals surface area contributed by atoms with Gasteiger partial charge in [0.2, 0.25) is 5.91 Å². The van der Waals surface area contributed by atoms with E-state index >= 15 is 0 Å². The molecule has 2 aromatic rings. The van der Waals surface area contributed by atoms with Crippen molar-refractivity contribution in [3.63, 3.8) is 0 Å². The topological polar surface area (TPSA) is 51.1 Å². The lowest BCUT2D eigenvalue weighted by Gasteiger charge is -2.08. The molecule has 0 saturated carbocycles. The maximum absolute atomic E-state index is 11.9. The van der Waals surface area contributed by atoms with E-state index in [4.69, 9.17) is 0 Å². The van der Waals surface area contributed by atoms with Crippen LogP contribution in [0.3, 0.4) is 0 Å². The van der Waals surface area contributed by atoms with Gasteiger partial charge in [0.1, 0.15) is 6.54 Å². The number of nitrogens with zero attached hydrogens (tertiary/aromatic N) is 1. The molecule has 0 bridgehead atoms. The summed E-state index contributed by atoms with van der Waals surface area (Å²) < 4.78 is 2.57. The van der Waals surface area contributed by atoms with Gasteiger partial charge in [-0.05, 0) is 54.1 Å². The molecule has 0 unspecified atom stereocenters. The summed E-state index contributed by atoms with van der Waals surface area (Å²) in [5.74, 6) is -0.191. The van der Waals surface area contributed by atoms with Gasteiger partial charge in [-0.3, -0.25) is 14.2 Å². The van der Waals surface area contributed by atoms with Gasteiger partial charge >= 0.3 is 4.87 Å². The van der Waals surface area contributed by atoms with Crippen molar-refractivity contribution in [3.05, 3.63) is 48.1 Å². The van der Waals surface area contributed by atoms with Crippen molar-refractivity contribution in [2.75, 3.05) is 5.32 Å². The number of hydrogen-bond acceptors (Lipinski definition) is 3. The number of benzene rings is 1. The molecule has 6 heteroatoms. The number of halogens is 1. The van der Waals surface area contributed by atoms with Crippen molar-refractivity contribution in [2.45, 2.75) is 20.4 Å². The van der Waals surface area contributed by atoms with E-state index in [0.717, 1.165) is 26.3 Å². The molecular weight excluding hydrogens is 375 g/mol. The summed E-state index contributed by atoms with van der Waals surface area (Å²) >= 11 is 3.34. The highest BCUT2D eigenvalue weighted by atomic mass is 127. The van der Waals surface area contributed by atoms with Crippen LogP contribution in [0, 0.1) is 17.4 Å². The van der Waals surface area contributed by atoms with Crippen LogP contribution in [0.5, 0.6) is 0 Å². The van der Waals surface area contributed by atoms with Crippen molar-refractivity contribution < 1.29 is 4.79 Å². The van der Waals surface area contributed by atoms with E-state index in [9.17, 15) is 9.59 Å². The molecule has 0 atom stereocenters. The number of aromatic nitrogens is 1. The molecule has 1 amide bonds. The molecular formula is C13H13IN2O2S. The smallest absolute Gasteiger partial charge is 0.307 e. The minimum absolute atomic E-state index is 0.0542. The maximum atomic E-state index is 11.9. The monoisotopic (exact) mass is 388 g/mol. The third-order valence-corrected chi connectivity index (χ3v) is 4.78. The van der Waals surface area contributed by atoms with Crippen LogP contribution in [-0.2, 0) is 11.3 Å². The van der Waals surface area contributed by atoms with Gasteiger partial charge in [0.25, 0.3) is 0 Å². The average molecular weight is 388 g/mol. The van der Waals surface area contributed by atoms with Crippen molar-refractivity contribution in [1.82, 2.24) is 4.57 Å². The Hall–Kier alpha value is -1.15. The van der Waals surface area contributed by atoms with Gasteiger partial charge in [-0.2, -0.15) is 0 Å². The Labute approximate surface area is 128 Å². The van der Waals surface area contributed by atoms with E-state index in [1.54, 1.807) is 5.38 Å². The molecule has 0 radical (unpaired) electrons. The molecule has 0 fully saturated rings. The fourth-order valence-corrected chi connectivity index (χ4v) is 2.86. The number of nitrogens with one attached hydrogen (secondary N) is 1. The maximum Gasteiger partial charge on any atom is 0.307 e. The molecule has 100 valence electrons. The molecule has 0 spiro atoms. The molecule has 0 aliphatic rings. The molecule has 4 nitrogen and oxygen atoms in total. The first-order valence-corrected chi connectivity index (χ1v) is 7.64. The van der Waals surface area contributed by atoms with Crippen LogP contribution in [0.2, 0.25) is 0 Å². The molecule has 1 aromatic carbocycles. The zero-order valence-corrected chi connectivity index (χ0v) is 13.5. The minimum atomic E-state index is -0.191. The van der Waals surface area contributed by atoms with Crippen LogP contribution >= 0.6 is 33.9 Å². The predicted octanol–water partition coefficient (Wildman–Crippen LogP) is 2.77. The number of thiazole rings is 1. The number of anilines is 1. The Balaban J connectivity index is 2.09. The third-order valence-electron chi connectivity index (χ3n) is 2.73. The largest absolute Gasteiger partial charge is 0.325 e. The van der Waals surface area contributed by atoms with Crippen LogP contribution in [0.15, 0.2) is 28.4 Å². The number of carbonyl (C=O) groups excluding carboxylic acids is 1. The Bertz CT molecular complexity index is 676. The normalized spacial score (nSPS) is 10.5. The first kappa shape index (κ1) is 14.3. The fraction of sp³-hybridized carbons (Fsp3) is 0.231. The van der Waals surface area contributed by atoms with Crippen molar-refractivity contribution in [1.29, 1.82) is 0 Å². The van der Waals surface area contributed by atoms with E-state index in [1.807, 2.05) is 32.0 Å². The molecule has 2 rings (SSSR count). The van der Waals surface area contributed by atoms with Gasteiger partial charge in [0.15, 0.2) is 0 Å².